The van der Waals surface area contributed by atoms with Gasteiger partial charge in [-0.1, -0.05) is 41.5 Å². The van der Waals surface area contributed by atoms with Crippen molar-refractivity contribution < 1.29 is 4.79 Å². The van der Waals surface area contributed by atoms with Gasteiger partial charge in [0.15, 0.2) is 8.24 Å². The third-order valence-electron chi connectivity index (χ3n) is 5.01. The van der Waals surface area contributed by atoms with E-state index in [4.69, 9.17) is 0 Å². The van der Waals surface area contributed by atoms with Gasteiger partial charge in [-0.25, -0.2) is 0 Å². The van der Waals surface area contributed by atoms with Gasteiger partial charge in [-0.15, -0.1) is 0 Å². The van der Waals surface area contributed by atoms with E-state index >= 15 is 0 Å². The standard InChI is InChI=1S/C18H33NOSi/c1-15(2)21(16(3)4,17(5)6)19-12-11-18(14-19)10-8-7-9-13-20/h11-17H,7-10H2,1-6H3. The lowest BCUT2D eigenvalue weighted by molar-refractivity contribution is -0.107. The molecule has 0 unspecified atom stereocenters. The quantitative estimate of drug-likeness (QED) is 0.339. The molecule has 0 aliphatic rings. The second-order valence-electron chi connectivity index (χ2n) is 7.19. The van der Waals surface area contributed by atoms with Crippen LogP contribution in [0.2, 0.25) is 16.6 Å². The number of hydrogen-bond acceptors (Lipinski definition) is 1. The van der Waals surface area contributed by atoms with Crippen LogP contribution in [-0.2, 0) is 11.2 Å². The van der Waals surface area contributed by atoms with Crippen LogP contribution in [-0.4, -0.2) is 18.8 Å². The molecule has 0 radical (unpaired) electrons. The molecule has 120 valence electrons. The highest BCUT2D eigenvalue weighted by atomic mass is 28.3. The molecule has 0 amide bonds. The van der Waals surface area contributed by atoms with E-state index in [1.807, 2.05) is 0 Å². The van der Waals surface area contributed by atoms with Crippen LogP contribution in [0.15, 0.2) is 18.5 Å². The van der Waals surface area contributed by atoms with E-state index in [9.17, 15) is 4.79 Å². The zero-order valence-electron chi connectivity index (χ0n) is 14.7. The molecule has 1 heterocycles. The highest BCUT2D eigenvalue weighted by molar-refractivity contribution is 6.82. The number of nitrogens with zero attached hydrogens (tertiary/aromatic N) is 1. The topological polar surface area (TPSA) is 22.0 Å². The second-order valence-corrected chi connectivity index (χ2v) is 12.9. The normalized spacial score (nSPS) is 12.6. The van der Waals surface area contributed by atoms with E-state index in [0.29, 0.717) is 6.42 Å². The van der Waals surface area contributed by atoms with Crippen molar-refractivity contribution in [2.24, 2.45) is 0 Å². The van der Waals surface area contributed by atoms with E-state index < -0.39 is 8.24 Å². The minimum Gasteiger partial charge on any atom is -0.379 e. The molecule has 0 saturated carbocycles. The summed E-state index contributed by atoms with van der Waals surface area (Å²) in [7, 11) is -1.58. The molecule has 0 aliphatic heterocycles. The lowest BCUT2D eigenvalue weighted by Crippen LogP contribution is -2.51. The van der Waals surface area contributed by atoms with Crippen LogP contribution in [0.4, 0.5) is 0 Å². The Bertz CT molecular complexity index is 412. The summed E-state index contributed by atoms with van der Waals surface area (Å²) in [6.07, 6.45) is 9.66. The molecule has 0 spiro atoms. The summed E-state index contributed by atoms with van der Waals surface area (Å²) in [6, 6.07) is 2.29. The smallest absolute Gasteiger partial charge is 0.168 e. The Morgan fingerprint density at radius 3 is 2.10 bits per heavy atom. The van der Waals surface area contributed by atoms with Gasteiger partial charge in [0.25, 0.3) is 0 Å². The molecule has 1 rings (SSSR count). The zero-order valence-corrected chi connectivity index (χ0v) is 15.7. The molecular weight excluding hydrogens is 274 g/mol. The fourth-order valence-electron chi connectivity index (χ4n) is 4.28. The molecule has 1 aromatic heterocycles. The van der Waals surface area contributed by atoms with Gasteiger partial charge in [0, 0.05) is 6.42 Å². The van der Waals surface area contributed by atoms with Crippen molar-refractivity contribution in [3.05, 3.63) is 24.0 Å². The minimum absolute atomic E-state index is 0.698. The van der Waals surface area contributed by atoms with Crippen molar-refractivity contribution >= 4 is 14.5 Å². The van der Waals surface area contributed by atoms with Crippen molar-refractivity contribution in [2.45, 2.75) is 83.8 Å². The Morgan fingerprint density at radius 2 is 1.62 bits per heavy atom. The number of aryl methyl sites for hydroxylation is 1. The third-order valence-corrected chi connectivity index (χ3v) is 11.7. The monoisotopic (exact) mass is 307 g/mol. The number of carbonyl (C=O) groups is 1. The van der Waals surface area contributed by atoms with Crippen molar-refractivity contribution in [3.63, 3.8) is 0 Å². The van der Waals surface area contributed by atoms with Crippen molar-refractivity contribution in [2.75, 3.05) is 0 Å². The summed E-state index contributed by atoms with van der Waals surface area (Å²) in [5.74, 6) is 0. The van der Waals surface area contributed by atoms with E-state index in [0.717, 1.165) is 42.2 Å². The Labute approximate surface area is 132 Å². The summed E-state index contributed by atoms with van der Waals surface area (Å²) in [5, 5.41) is 0. The van der Waals surface area contributed by atoms with Gasteiger partial charge in [-0.2, -0.15) is 0 Å². The Balaban J connectivity index is 2.95. The highest BCUT2D eigenvalue weighted by Crippen LogP contribution is 2.42. The van der Waals surface area contributed by atoms with E-state index in [-0.39, 0.29) is 0 Å². The number of aromatic nitrogens is 1. The molecule has 0 bridgehead atoms. The van der Waals surface area contributed by atoms with Crippen LogP contribution < -0.4 is 0 Å². The number of unbranched alkanes of at least 4 members (excludes halogenated alkanes) is 2. The summed E-state index contributed by atoms with van der Waals surface area (Å²) in [4.78, 5) is 10.4. The first-order valence-corrected chi connectivity index (χ1v) is 10.7. The van der Waals surface area contributed by atoms with Gasteiger partial charge in [0.2, 0.25) is 0 Å². The van der Waals surface area contributed by atoms with Crippen molar-refractivity contribution in [3.8, 4) is 0 Å². The molecule has 0 saturated heterocycles. The third kappa shape index (κ3) is 3.88. The molecule has 0 aromatic carbocycles. The molecular formula is C18H33NOSi. The molecule has 3 heteroatoms. The van der Waals surface area contributed by atoms with Crippen LogP contribution in [0.25, 0.3) is 0 Å². The van der Waals surface area contributed by atoms with Gasteiger partial charge in [0.05, 0.1) is 0 Å². The fourth-order valence-corrected chi connectivity index (χ4v) is 10.8. The molecule has 2 nitrogen and oxygen atoms in total. The van der Waals surface area contributed by atoms with E-state index in [1.54, 1.807) is 0 Å². The number of carbonyl (C=O) groups excluding carboxylic acids is 1. The predicted octanol–water partition coefficient (Wildman–Crippen LogP) is 5.42. The van der Waals surface area contributed by atoms with Crippen LogP contribution in [0.5, 0.6) is 0 Å². The largest absolute Gasteiger partial charge is 0.379 e. The average molecular weight is 308 g/mol. The fraction of sp³-hybridized carbons (Fsp3) is 0.722. The van der Waals surface area contributed by atoms with E-state index in [2.05, 4.69) is 64.2 Å². The van der Waals surface area contributed by atoms with Gasteiger partial charge in [-0.05, 0) is 59.9 Å². The molecule has 21 heavy (non-hydrogen) atoms. The summed E-state index contributed by atoms with van der Waals surface area (Å²) in [5.41, 5.74) is 3.62. The summed E-state index contributed by atoms with van der Waals surface area (Å²) in [6.45, 7) is 14.4. The molecule has 0 aliphatic carbocycles. The average Bonchev–Trinajstić information content (AvgIpc) is 2.83. The lowest BCUT2D eigenvalue weighted by atomic mass is 10.1. The second kappa shape index (κ2) is 7.97. The Morgan fingerprint density at radius 1 is 1.05 bits per heavy atom. The van der Waals surface area contributed by atoms with Crippen molar-refractivity contribution in [1.29, 1.82) is 0 Å². The number of rotatable bonds is 9. The molecule has 1 aromatic rings. The molecule has 0 N–H and O–H groups in total. The Hall–Kier alpha value is -0.833. The summed E-state index contributed by atoms with van der Waals surface area (Å²) < 4.78 is 2.60. The van der Waals surface area contributed by atoms with Crippen LogP contribution in [0.3, 0.4) is 0 Å². The van der Waals surface area contributed by atoms with Crippen LogP contribution in [0, 0.1) is 0 Å². The highest BCUT2D eigenvalue weighted by Gasteiger charge is 2.44. The number of aldehydes is 1. The zero-order chi connectivity index (χ0) is 16.0. The number of hydrogen-bond donors (Lipinski definition) is 0. The first kappa shape index (κ1) is 18.2. The molecule has 0 atom stereocenters. The van der Waals surface area contributed by atoms with Crippen molar-refractivity contribution in [1.82, 2.24) is 4.23 Å². The first-order valence-electron chi connectivity index (χ1n) is 8.48. The summed E-state index contributed by atoms with van der Waals surface area (Å²) >= 11 is 0. The SMILES string of the molecule is CC(C)[Si](C(C)C)(C(C)C)n1ccc(CCCCC=O)c1. The van der Waals surface area contributed by atoms with Crippen LogP contribution in [0.1, 0.15) is 66.4 Å². The van der Waals surface area contributed by atoms with Gasteiger partial charge in [-0.3, -0.25) is 0 Å². The van der Waals surface area contributed by atoms with Crippen LogP contribution >= 0.6 is 0 Å². The minimum atomic E-state index is -1.58. The first-order chi connectivity index (χ1) is 9.87. The maximum absolute atomic E-state index is 10.4. The maximum atomic E-state index is 10.4. The lowest BCUT2D eigenvalue weighted by Gasteiger charge is -2.44. The molecule has 0 fully saturated rings. The maximum Gasteiger partial charge on any atom is 0.168 e. The van der Waals surface area contributed by atoms with Gasteiger partial charge >= 0.3 is 0 Å². The van der Waals surface area contributed by atoms with Gasteiger partial charge in [0.1, 0.15) is 6.29 Å². The van der Waals surface area contributed by atoms with E-state index in [1.165, 1.54) is 5.56 Å². The van der Waals surface area contributed by atoms with Gasteiger partial charge < -0.3 is 9.03 Å². The predicted molar refractivity (Wildman–Crippen MR) is 94.5 cm³/mol. The Kier molecular flexibility index (Phi) is 6.92.